The first-order chi connectivity index (χ1) is 7.99. The van der Waals surface area contributed by atoms with E-state index in [4.69, 9.17) is 0 Å². The van der Waals surface area contributed by atoms with Crippen LogP contribution in [0, 0.1) is 11.8 Å². The summed E-state index contributed by atoms with van der Waals surface area (Å²) in [5, 5.41) is 3.80. The molecule has 1 aliphatic carbocycles. The second-order valence-electron chi connectivity index (χ2n) is 6.62. The van der Waals surface area contributed by atoms with Gasteiger partial charge in [-0.1, -0.05) is 33.6 Å². The Kier molecular flexibility index (Phi) is 6.50. The van der Waals surface area contributed by atoms with Crippen molar-refractivity contribution in [2.45, 2.75) is 65.0 Å². The van der Waals surface area contributed by atoms with E-state index < -0.39 is 0 Å². The maximum absolute atomic E-state index is 3.80. The SMILES string of the molecule is CC(C)CC(CNC1CCCC(C)C1)N(C)C. The van der Waals surface area contributed by atoms with Gasteiger partial charge in [0.15, 0.2) is 0 Å². The summed E-state index contributed by atoms with van der Waals surface area (Å²) >= 11 is 0. The quantitative estimate of drug-likeness (QED) is 0.767. The Hall–Kier alpha value is -0.0800. The van der Waals surface area contributed by atoms with Crippen molar-refractivity contribution in [1.82, 2.24) is 10.2 Å². The average molecular weight is 240 g/mol. The fourth-order valence-corrected chi connectivity index (χ4v) is 2.94. The van der Waals surface area contributed by atoms with E-state index in [0.29, 0.717) is 6.04 Å². The smallest absolute Gasteiger partial charge is 0.0217 e. The first-order valence-corrected chi connectivity index (χ1v) is 7.38. The standard InChI is InChI=1S/C15H32N2/c1-12(2)9-15(17(4)5)11-16-14-8-6-7-13(3)10-14/h12-16H,6-11H2,1-5H3. The van der Waals surface area contributed by atoms with E-state index in [0.717, 1.165) is 24.4 Å². The molecule has 0 aromatic heterocycles. The molecule has 0 aromatic rings. The van der Waals surface area contributed by atoms with Crippen LogP contribution in [0.1, 0.15) is 52.9 Å². The van der Waals surface area contributed by atoms with Crippen molar-refractivity contribution in [2.24, 2.45) is 11.8 Å². The largest absolute Gasteiger partial charge is 0.312 e. The summed E-state index contributed by atoms with van der Waals surface area (Å²) in [4.78, 5) is 2.37. The first kappa shape index (κ1) is 15.0. The molecular weight excluding hydrogens is 208 g/mol. The third-order valence-corrected chi connectivity index (χ3v) is 4.05. The molecule has 0 heterocycles. The fraction of sp³-hybridized carbons (Fsp3) is 1.00. The molecule has 17 heavy (non-hydrogen) atoms. The molecule has 3 atom stereocenters. The number of hydrogen-bond donors (Lipinski definition) is 1. The zero-order valence-corrected chi connectivity index (χ0v) is 12.5. The van der Waals surface area contributed by atoms with Crippen molar-refractivity contribution >= 4 is 0 Å². The Morgan fingerprint density at radius 2 is 1.94 bits per heavy atom. The Morgan fingerprint density at radius 3 is 2.47 bits per heavy atom. The van der Waals surface area contributed by atoms with Crippen LogP contribution in [0.2, 0.25) is 0 Å². The maximum atomic E-state index is 3.80. The van der Waals surface area contributed by atoms with Crippen LogP contribution in [0.15, 0.2) is 0 Å². The highest BCUT2D eigenvalue weighted by Crippen LogP contribution is 2.23. The molecule has 0 aromatic carbocycles. The molecule has 3 unspecified atom stereocenters. The third kappa shape index (κ3) is 5.87. The lowest BCUT2D eigenvalue weighted by Crippen LogP contribution is -2.44. The first-order valence-electron chi connectivity index (χ1n) is 7.38. The van der Waals surface area contributed by atoms with Crippen molar-refractivity contribution in [1.29, 1.82) is 0 Å². The van der Waals surface area contributed by atoms with Gasteiger partial charge in [0, 0.05) is 18.6 Å². The summed E-state index contributed by atoms with van der Waals surface area (Å²) in [6.45, 7) is 8.19. The van der Waals surface area contributed by atoms with Crippen LogP contribution in [0.25, 0.3) is 0 Å². The molecule has 0 spiro atoms. The number of rotatable bonds is 6. The van der Waals surface area contributed by atoms with Crippen LogP contribution < -0.4 is 5.32 Å². The Bertz CT molecular complexity index is 201. The number of nitrogens with zero attached hydrogens (tertiary/aromatic N) is 1. The Labute approximate surface area is 108 Å². The van der Waals surface area contributed by atoms with E-state index in [9.17, 15) is 0 Å². The van der Waals surface area contributed by atoms with Gasteiger partial charge in [0.2, 0.25) is 0 Å². The highest BCUT2D eigenvalue weighted by atomic mass is 15.1. The van der Waals surface area contributed by atoms with Gasteiger partial charge in [0.25, 0.3) is 0 Å². The molecule has 0 aliphatic heterocycles. The van der Waals surface area contributed by atoms with Crippen LogP contribution in [0.5, 0.6) is 0 Å². The van der Waals surface area contributed by atoms with Gasteiger partial charge in [-0.3, -0.25) is 0 Å². The van der Waals surface area contributed by atoms with Gasteiger partial charge in [0.1, 0.15) is 0 Å². The zero-order valence-electron chi connectivity index (χ0n) is 12.5. The minimum absolute atomic E-state index is 0.687. The summed E-state index contributed by atoms with van der Waals surface area (Å²) < 4.78 is 0. The molecule has 1 fully saturated rings. The minimum Gasteiger partial charge on any atom is -0.312 e. The lowest BCUT2D eigenvalue weighted by Gasteiger charge is -2.32. The minimum atomic E-state index is 0.687. The molecule has 2 heteroatoms. The van der Waals surface area contributed by atoms with Crippen LogP contribution in [-0.2, 0) is 0 Å². The second kappa shape index (κ2) is 7.38. The summed E-state index contributed by atoms with van der Waals surface area (Å²) in [6, 6.07) is 1.46. The van der Waals surface area contributed by atoms with Gasteiger partial charge in [-0.05, 0) is 45.2 Å². The lowest BCUT2D eigenvalue weighted by atomic mass is 9.87. The van der Waals surface area contributed by atoms with Crippen molar-refractivity contribution in [3.05, 3.63) is 0 Å². The summed E-state index contributed by atoms with van der Waals surface area (Å²) in [7, 11) is 4.41. The topological polar surface area (TPSA) is 15.3 Å². The van der Waals surface area contributed by atoms with E-state index >= 15 is 0 Å². The van der Waals surface area contributed by atoms with Crippen molar-refractivity contribution in [3.8, 4) is 0 Å². The number of likely N-dealkylation sites (N-methyl/N-ethyl adjacent to an activating group) is 1. The van der Waals surface area contributed by atoms with Gasteiger partial charge in [-0.2, -0.15) is 0 Å². The van der Waals surface area contributed by atoms with Gasteiger partial charge in [0.05, 0.1) is 0 Å². The van der Waals surface area contributed by atoms with Crippen molar-refractivity contribution < 1.29 is 0 Å². The molecule has 0 saturated heterocycles. The summed E-state index contributed by atoms with van der Waals surface area (Å²) in [5.74, 6) is 1.71. The molecule has 2 nitrogen and oxygen atoms in total. The predicted octanol–water partition coefficient (Wildman–Crippen LogP) is 3.13. The van der Waals surface area contributed by atoms with E-state index in [1.54, 1.807) is 0 Å². The van der Waals surface area contributed by atoms with Gasteiger partial charge >= 0.3 is 0 Å². The second-order valence-corrected chi connectivity index (χ2v) is 6.62. The predicted molar refractivity (Wildman–Crippen MR) is 76.4 cm³/mol. The molecule has 0 amide bonds. The van der Waals surface area contributed by atoms with Gasteiger partial charge in [-0.25, -0.2) is 0 Å². The monoisotopic (exact) mass is 240 g/mol. The van der Waals surface area contributed by atoms with Crippen LogP contribution in [0.4, 0.5) is 0 Å². The molecule has 102 valence electrons. The Morgan fingerprint density at radius 1 is 1.24 bits per heavy atom. The molecule has 1 saturated carbocycles. The lowest BCUT2D eigenvalue weighted by molar-refractivity contribution is 0.223. The number of hydrogen-bond acceptors (Lipinski definition) is 2. The summed E-state index contributed by atoms with van der Waals surface area (Å²) in [6.07, 6.45) is 6.90. The molecule has 0 radical (unpaired) electrons. The molecule has 1 aliphatic rings. The molecule has 1 rings (SSSR count). The molecular formula is C15H32N2. The van der Waals surface area contributed by atoms with Gasteiger partial charge in [-0.15, -0.1) is 0 Å². The van der Waals surface area contributed by atoms with E-state index in [1.807, 2.05) is 0 Å². The average Bonchev–Trinajstić information content (AvgIpc) is 2.23. The van der Waals surface area contributed by atoms with E-state index in [2.05, 4.69) is 45.1 Å². The normalized spacial score (nSPS) is 27.7. The zero-order chi connectivity index (χ0) is 12.8. The molecule has 1 N–H and O–H groups in total. The maximum Gasteiger partial charge on any atom is 0.0217 e. The highest BCUT2D eigenvalue weighted by molar-refractivity contribution is 4.79. The van der Waals surface area contributed by atoms with Gasteiger partial charge < -0.3 is 10.2 Å². The van der Waals surface area contributed by atoms with Crippen molar-refractivity contribution in [3.63, 3.8) is 0 Å². The van der Waals surface area contributed by atoms with E-state index in [1.165, 1.54) is 32.1 Å². The Balaban J connectivity index is 2.30. The number of nitrogens with one attached hydrogen (secondary N) is 1. The van der Waals surface area contributed by atoms with Crippen LogP contribution >= 0.6 is 0 Å². The third-order valence-electron chi connectivity index (χ3n) is 4.05. The molecule has 0 bridgehead atoms. The van der Waals surface area contributed by atoms with E-state index in [-0.39, 0.29) is 0 Å². The van der Waals surface area contributed by atoms with Crippen LogP contribution in [0.3, 0.4) is 0 Å². The van der Waals surface area contributed by atoms with Crippen LogP contribution in [-0.4, -0.2) is 37.6 Å². The van der Waals surface area contributed by atoms with Crippen molar-refractivity contribution in [2.75, 3.05) is 20.6 Å². The highest BCUT2D eigenvalue weighted by Gasteiger charge is 2.20. The summed E-state index contributed by atoms with van der Waals surface area (Å²) in [5.41, 5.74) is 0. The fourth-order valence-electron chi connectivity index (χ4n) is 2.94.